The second-order valence-electron chi connectivity index (χ2n) is 29.1. The third-order valence-electron chi connectivity index (χ3n) is 22.0. The molecule has 17 rings (SSSR count). The molecule has 0 spiro atoms. The SMILES string of the molecule is CC1(C)c2cc(/C=C/c3ccc4c(c3)C(C)(C)c3cc(N(c5cccnc5)c5ccc6c(c5)C(C)(C)c5ccccc5-6)ccc3-4)ccc2-c2ccc(/C=C/c3ccc4c(c3)C(C)(C)c3cc(N(c5cccnc5)c5ccc6c(c5)C(C)(C)c5ccccc5-6)ccc3-4)cc21. The molecule has 0 amide bonds. The summed E-state index contributed by atoms with van der Waals surface area (Å²) in [7, 11) is 0. The molecular formula is C89H74N4. The van der Waals surface area contributed by atoms with Crippen LogP contribution in [-0.4, -0.2) is 9.97 Å². The zero-order valence-corrected chi connectivity index (χ0v) is 54.7. The van der Waals surface area contributed by atoms with Gasteiger partial charge in [-0.3, -0.25) is 9.97 Å². The van der Waals surface area contributed by atoms with Crippen LogP contribution in [0.4, 0.5) is 34.1 Å². The van der Waals surface area contributed by atoms with Gasteiger partial charge in [0.1, 0.15) is 0 Å². The molecule has 0 fully saturated rings. The van der Waals surface area contributed by atoms with Gasteiger partial charge in [0.05, 0.1) is 23.8 Å². The van der Waals surface area contributed by atoms with Gasteiger partial charge in [-0.25, -0.2) is 0 Å². The highest BCUT2D eigenvalue weighted by Gasteiger charge is 2.41. The van der Waals surface area contributed by atoms with Crippen molar-refractivity contribution < 1.29 is 0 Å². The highest BCUT2D eigenvalue weighted by Crippen LogP contribution is 2.57. The van der Waals surface area contributed by atoms with E-state index in [-0.39, 0.29) is 27.1 Å². The number of hydrogen-bond donors (Lipinski definition) is 0. The van der Waals surface area contributed by atoms with Gasteiger partial charge in [-0.15, -0.1) is 0 Å². The van der Waals surface area contributed by atoms with Gasteiger partial charge in [0, 0.05) is 62.2 Å². The van der Waals surface area contributed by atoms with Crippen molar-refractivity contribution in [2.45, 2.75) is 96.3 Å². The molecule has 0 radical (unpaired) electrons. The van der Waals surface area contributed by atoms with Crippen LogP contribution in [0, 0.1) is 0 Å². The highest BCUT2D eigenvalue weighted by atomic mass is 15.2. The lowest BCUT2D eigenvalue weighted by atomic mass is 9.81. The molecule has 0 atom stereocenters. The Labute approximate surface area is 548 Å². The van der Waals surface area contributed by atoms with Crippen molar-refractivity contribution in [3.63, 3.8) is 0 Å². The van der Waals surface area contributed by atoms with Gasteiger partial charge < -0.3 is 9.80 Å². The van der Waals surface area contributed by atoms with Crippen LogP contribution in [0.15, 0.2) is 243 Å². The molecule has 0 unspecified atom stereocenters. The fourth-order valence-corrected chi connectivity index (χ4v) is 16.9. The maximum absolute atomic E-state index is 4.61. The van der Waals surface area contributed by atoms with Crippen LogP contribution in [0.3, 0.4) is 0 Å². The lowest BCUT2D eigenvalue weighted by Crippen LogP contribution is -2.18. The average molecular weight is 1200 g/mol. The van der Waals surface area contributed by atoms with Gasteiger partial charge in [-0.05, 0) is 206 Å². The summed E-state index contributed by atoms with van der Waals surface area (Å²) in [5.41, 5.74) is 37.3. The molecule has 450 valence electrons. The van der Waals surface area contributed by atoms with Crippen molar-refractivity contribution in [1.82, 2.24) is 9.97 Å². The Morgan fingerprint density at radius 1 is 0.226 bits per heavy atom. The quantitative estimate of drug-likeness (QED) is 0.128. The molecule has 0 aliphatic heterocycles. The summed E-state index contributed by atoms with van der Waals surface area (Å²) in [6, 6.07) is 82.4. The first-order valence-corrected chi connectivity index (χ1v) is 33.0. The number of anilines is 6. The Balaban J connectivity index is 0.609. The molecule has 0 saturated carbocycles. The zero-order valence-electron chi connectivity index (χ0n) is 54.7. The maximum Gasteiger partial charge on any atom is 0.0644 e. The topological polar surface area (TPSA) is 32.3 Å². The van der Waals surface area contributed by atoms with Crippen LogP contribution >= 0.6 is 0 Å². The smallest absolute Gasteiger partial charge is 0.0644 e. The summed E-state index contributed by atoms with van der Waals surface area (Å²) in [4.78, 5) is 14.0. The van der Waals surface area contributed by atoms with Gasteiger partial charge in [0.15, 0.2) is 0 Å². The monoisotopic (exact) mass is 1200 g/mol. The maximum atomic E-state index is 4.61. The third-order valence-corrected chi connectivity index (χ3v) is 22.0. The minimum absolute atomic E-state index is 0.110. The first-order chi connectivity index (χ1) is 44.8. The van der Waals surface area contributed by atoms with Gasteiger partial charge >= 0.3 is 0 Å². The Hall–Kier alpha value is -10.4. The molecule has 0 bridgehead atoms. The number of nitrogens with zero attached hydrogens (tertiary/aromatic N) is 4. The molecular weight excluding hydrogens is 1130 g/mol. The lowest BCUT2D eigenvalue weighted by Gasteiger charge is -2.29. The van der Waals surface area contributed by atoms with Crippen molar-refractivity contribution in [1.29, 1.82) is 0 Å². The number of rotatable bonds is 10. The normalized spacial score (nSPS) is 16.0. The molecule has 2 aromatic heterocycles. The number of fused-ring (bicyclic) bond motifs is 15. The molecule has 0 N–H and O–H groups in total. The van der Waals surface area contributed by atoms with Gasteiger partial charge in [0.2, 0.25) is 0 Å². The van der Waals surface area contributed by atoms with E-state index in [4.69, 9.17) is 0 Å². The average Bonchev–Trinajstić information content (AvgIpc) is 1.62. The molecule has 0 saturated heterocycles. The molecule has 5 aliphatic carbocycles. The van der Waals surface area contributed by atoms with E-state index in [1.807, 2.05) is 36.9 Å². The van der Waals surface area contributed by atoms with E-state index in [0.717, 1.165) is 34.1 Å². The Kier molecular flexibility index (Phi) is 12.3. The summed E-state index contributed by atoms with van der Waals surface area (Å²) in [6.07, 6.45) is 16.9. The Morgan fingerprint density at radius 2 is 0.462 bits per heavy atom. The van der Waals surface area contributed by atoms with Crippen LogP contribution < -0.4 is 9.80 Å². The number of hydrogen-bond acceptors (Lipinski definition) is 4. The zero-order chi connectivity index (χ0) is 63.5. The molecule has 93 heavy (non-hydrogen) atoms. The minimum atomic E-state index is -0.220. The summed E-state index contributed by atoms with van der Waals surface area (Å²) < 4.78 is 0. The van der Waals surface area contributed by atoms with Gasteiger partial charge in [-0.2, -0.15) is 0 Å². The molecule has 5 aliphatic rings. The molecule has 4 heteroatoms. The Morgan fingerprint density at radius 3 is 0.731 bits per heavy atom. The molecule has 12 aromatic rings. The first-order valence-electron chi connectivity index (χ1n) is 33.0. The van der Waals surface area contributed by atoms with Gasteiger partial charge in [-0.1, -0.05) is 239 Å². The van der Waals surface area contributed by atoms with Crippen molar-refractivity contribution >= 4 is 58.4 Å². The van der Waals surface area contributed by atoms with Crippen LogP contribution in [0.1, 0.15) is 147 Å². The molecule has 10 aromatic carbocycles. The van der Waals surface area contributed by atoms with E-state index in [9.17, 15) is 0 Å². The Bertz CT molecular complexity index is 4860. The second kappa shape index (κ2) is 20.3. The summed E-state index contributed by atoms with van der Waals surface area (Å²) in [5.74, 6) is 0. The van der Waals surface area contributed by atoms with Crippen molar-refractivity contribution in [3.05, 3.63) is 321 Å². The number of aromatic nitrogens is 2. The van der Waals surface area contributed by atoms with Crippen LogP contribution in [0.2, 0.25) is 0 Å². The van der Waals surface area contributed by atoms with Crippen molar-refractivity contribution in [2.75, 3.05) is 9.80 Å². The van der Waals surface area contributed by atoms with Crippen molar-refractivity contribution in [2.24, 2.45) is 0 Å². The minimum Gasteiger partial charge on any atom is -0.309 e. The fraction of sp³-hybridized carbons (Fsp3) is 0.169. The van der Waals surface area contributed by atoms with E-state index < -0.39 is 0 Å². The van der Waals surface area contributed by atoms with E-state index in [1.54, 1.807) is 0 Å². The van der Waals surface area contributed by atoms with E-state index in [2.05, 4.69) is 320 Å². The third kappa shape index (κ3) is 8.57. The number of pyridine rings is 2. The van der Waals surface area contributed by atoms with E-state index >= 15 is 0 Å². The standard InChI is InChI=1S/C89H74N4/c1-85(2)75-21-13-11-19-65(75)71-39-31-59(49-81(71)85)92(63-17-15-43-90-53-63)61-33-41-73-69-37-29-57(47-79(69)88(7,8)83(73)51-61)25-23-55-27-35-67-68-36-28-56(46-78(68)87(5,6)77(67)45-55)24-26-58-30-38-70-74-42-34-62(52-84(74)89(9,10)80(70)48-58)93(64-18-16-44-91-54-64)60-32-40-72-66-20-12-14-22-76(66)86(3,4)82(72)50-60/h11-54H,1-10H3/b25-23+,26-24+. The van der Waals surface area contributed by atoms with Gasteiger partial charge in [0.25, 0.3) is 0 Å². The first kappa shape index (κ1) is 56.6. The molecule has 2 heterocycles. The second-order valence-corrected chi connectivity index (χ2v) is 29.1. The van der Waals surface area contributed by atoms with Crippen LogP contribution in [-0.2, 0) is 27.1 Å². The summed E-state index contributed by atoms with van der Waals surface area (Å²) in [6.45, 7) is 23.7. The predicted octanol–water partition coefficient (Wildman–Crippen LogP) is 23.3. The van der Waals surface area contributed by atoms with E-state index in [0.29, 0.717) is 0 Å². The highest BCUT2D eigenvalue weighted by molar-refractivity contribution is 5.93. The molecule has 4 nitrogen and oxygen atoms in total. The fourth-order valence-electron chi connectivity index (χ4n) is 16.9. The largest absolute Gasteiger partial charge is 0.309 e. The summed E-state index contributed by atoms with van der Waals surface area (Å²) >= 11 is 0. The van der Waals surface area contributed by atoms with Crippen LogP contribution in [0.25, 0.3) is 79.9 Å². The summed E-state index contributed by atoms with van der Waals surface area (Å²) in [5, 5.41) is 0. The van der Waals surface area contributed by atoms with Crippen LogP contribution in [0.5, 0.6) is 0 Å². The predicted molar refractivity (Wildman–Crippen MR) is 390 cm³/mol. The lowest BCUT2D eigenvalue weighted by molar-refractivity contribution is 0.659. The van der Waals surface area contributed by atoms with E-state index in [1.165, 1.54) is 134 Å². The number of benzene rings is 10. The van der Waals surface area contributed by atoms with Crippen molar-refractivity contribution in [3.8, 4) is 55.6 Å².